The van der Waals surface area contributed by atoms with Crippen molar-refractivity contribution >= 4 is 37.6 Å². The van der Waals surface area contributed by atoms with E-state index in [1.165, 1.54) is 31.5 Å². The standard InChI is InChI=1S/C12H16BrClN2O2S/c13-10-6-11(12(14)15-8-10)19(17,18)16-7-9-4-2-1-3-5-9/h6,8-9,16H,1-5,7H2. The SMILES string of the molecule is O=S(=O)(NCC1CCCCC1)c1cc(Br)cnc1Cl. The third-order valence-electron chi connectivity index (χ3n) is 3.35. The Morgan fingerprint density at radius 3 is 2.74 bits per heavy atom. The second kappa shape index (κ2) is 6.52. The first-order chi connectivity index (χ1) is 8.99. The van der Waals surface area contributed by atoms with Crippen molar-refractivity contribution < 1.29 is 8.42 Å². The Labute approximate surface area is 127 Å². The van der Waals surface area contributed by atoms with Gasteiger partial charge in [0.2, 0.25) is 10.0 Å². The van der Waals surface area contributed by atoms with E-state index in [0.29, 0.717) is 16.9 Å². The molecule has 0 aromatic carbocycles. The van der Waals surface area contributed by atoms with Crippen molar-refractivity contribution in [2.45, 2.75) is 37.0 Å². The highest BCUT2D eigenvalue weighted by Gasteiger charge is 2.21. The molecule has 7 heteroatoms. The number of nitrogens with one attached hydrogen (secondary N) is 1. The Hall–Kier alpha value is -0.170. The predicted molar refractivity (Wildman–Crippen MR) is 78.7 cm³/mol. The summed E-state index contributed by atoms with van der Waals surface area (Å²) in [6, 6.07) is 1.47. The van der Waals surface area contributed by atoms with Gasteiger partial charge in [-0.1, -0.05) is 30.9 Å². The molecular weight excluding hydrogens is 352 g/mol. The van der Waals surface area contributed by atoms with E-state index in [2.05, 4.69) is 25.6 Å². The summed E-state index contributed by atoms with van der Waals surface area (Å²) in [5, 5.41) is -0.000607. The molecule has 0 radical (unpaired) electrons. The fourth-order valence-electron chi connectivity index (χ4n) is 2.29. The van der Waals surface area contributed by atoms with Crippen molar-refractivity contribution in [3.8, 4) is 0 Å². The summed E-state index contributed by atoms with van der Waals surface area (Å²) >= 11 is 9.05. The number of hydrogen-bond acceptors (Lipinski definition) is 3. The highest BCUT2D eigenvalue weighted by Crippen LogP contribution is 2.25. The maximum Gasteiger partial charge on any atom is 0.243 e. The van der Waals surface area contributed by atoms with Gasteiger partial charge in [0.25, 0.3) is 0 Å². The van der Waals surface area contributed by atoms with E-state index in [1.54, 1.807) is 0 Å². The van der Waals surface area contributed by atoms with Crippen molar-refractivity contribution in [2.24, 2.45) is 5.92 Å². The molecule has 0 unspecified atom stereocenters. The minimum atomic E-state index is -3.59. The van der Waals surface area contributed by atoms with Gasteiger partial charge >= 0.3 is 0 Å². The van der Waals surface area contributed by atoms with Gasteiger partial charge in [-0.15, -0.1) is 0 Å². The van der Waals surface area contributed by atoms with E-state index < -0.39 is 10.0 Å². The van der Waals surface area contributed by atoms with Gasteiger partial charge in [-0.05, 0) is 40.8 Å². The summed E-state index contributed by atoms with van der Waals surface area (Å²) in [6.07, 6.45) is 7.28. The minimum absolute atomic E-state index is 0.000607. The van der Waals surface area contributed by atoms with E-state index >= 15 is 0 Å². The summed E-state index contributed by atoms with van der Waals surface area (Å²) in [6.45, 7) is 0.477. The molecule has 0 spiro atoms. The number of pyridine rings is 1. The zero-order valence-electron chi connectivity index (χ0n) is 10.4. The molecule has 1 N–H and O–H groups in total. The van der Waals surface area contributed by atoms with Gasteiger partial charge in [0.15, 0.2) is 0 Å². The maximum absolute atomic E-state index is 12.2. The third kappa shape index (κ3) is 4.15. The summed E-state index contributed by atoms with van der Waals surface area (Å²) in [7, 11) is -3.59. The van der Waals surface area contributed by atoms with Crippen molar-refractivity contribution in [3.05, 3.63) is 21.9 Å². The van der Waals surface area contributed by atoms with Crippen LogP contribution in [0, 0.1) is 5.92 Å². The Kier molecular flexibility index (Phi) is 5.22. The van der Waals surface area contributed by atoms with E-state index in [4.69, 9.17) is 11.6 Å². The zero-order valence-corrected chi connectivity index (χ0v) is 13.6. The molecule has 1 saturated carbocycles. The largest absolute Gasteiger partial charge is 0.243 e. The fraction of sp³-hybridized carbons (Fsp3) is 0.583. The molecule has 0 aliphatic heterocycles. The van der Waals surface area contributed by atoms with Crippen LogP contribution in [0.3, 0.4) is 0 Å². The van der Waals surface area contributed by atoms with Crippen LogP contribution in [0.25, 0.3) is 0 Å². The van der Waals surface area contributed by atoms with E-state index in [-0.39, 0.29) is 10.0 Å². The Morgan fingerprint density at radius 1 is 1.37 bits per heavy atom. The van der Waals surface area contributed by atoms with Crippen LogP contribution in [0.1, 0.15) is 32.1 Å². The van der Waals surface area contributed by atoms with E-state index in [1.807, 2.05) is 0 Å². The molecule has 2 rings (SSSR count). The molecular formula is C12H16BrClN2O2S. The average molecular weight is 368 g/mol. The fourth-order valence-corrected chi connectivity index (χ4v) is 4.35. The lowest BCUT2D eigenvalue weighted by Crippen LogP contribution is -2.30. The molecule has 1 aromatic rings. The Balaban J connectivity index is 2.07. The van der Waals surface area contributed by atoms with Crippen LogP contribution in [0.2, 0.25) is 5.15 Å². The quantitative estimate of drug-likeness (QED) is 0.830. The topological polar surface area (TPSA) is 59.1 Å². The molecule has 106 valence electrons. The highest BCUT2D eigenvalue weighted by atomic mass is 79.9. The normalized spacial score (nSPS) is 17.6. The van der Waals surface area contributed by atoms with Gasteiger partial charge in [0.1, 0.15) is 10.0 Å². The Bertz CT molecular complexity index is 545. The molecule has 0 bridgehead atoms. The monoisotopic (exact) mass is 366 g/mol. The van der Waals surface area contributed by atoms with Gasteiger partial charge in [0.05, 0.1) is 0 Å². The van der Waals surface area contributed by atoms with Gasteiger partial charge in [-0.2, -0.15) is 0 Å². The predicted octanol–water partition coefficient (Wildman–Crippen LogP) is 3.36. The summed E-state index contributed by atoms with van der Waals surface area (Å²) in [4.78, 5) is 3.87. The smallest absolute Gasteiger partial charge is 0.242 e. The van der Waals surface area contributed by atoms with Crippen LogP contribution < -0.4 is 4.72 Å². The lowest BCUT2D eigenvalue weighted by molar-refractivity contribution is 0.357. The molecule has 1 aliphatic rings. The molecule has 1 aromatic heterocycles. The lowest BCUT2D eigenvalue weighted by Gasteiger charge is -2.21. The van der Waals surface area contributed by atoms with Crippen LogP contribution in [-0.4, -0.2) is 19.9 Å². The van der Waals surface area contributed by atoms with Crippen LogP contribution in [0.15, 0.2) is 21.6 Å². The van der Waals surface area contributed by atoms with Crippen LogP contribution in [0.4, 0.5) is 0 Å². The maximum atomic E-state index is 12.2. The van der Waals surface area contributed by atoms with Crippen molar-refractivity contribution in [1.29, 1.82) is 0 Å². The van der Waals surface area contributed by atoms with Crippen LogP contribution in [-0.2, 0) is 10.0 Å². The number of rotatable bonds is 4. The molecule has 0 saturated heterocycles. The minimum Gasteiger partial charge on any atom is -0.242 e. The van der Waals surface area contributed by atoms with Crippen molar-refractivity contribution in [3.63, 3.8) is 0 Å². The van der Waals surface area contributed by atoms with Crippen LogP contribution >= 0.6 is 27.5 Å². The number of aromatic nitrogens is 1. The lowest BCUT2D eigenvalue weighted by atomic mass is 9.90. The molecule has 0 amide bonds. The summed E-state index contributed by atoms with van der Waals surface area (Å²) in [5.41, 5.74) is 0. The van der Waals surface area contributed by atoms with E-state index in [9.17, 15) is 8.42 Å². The van der Waals surface area contributed by atoms with E-state index in [0.717, 1.165) is 12.8 Å². The summed E-state index contributed by atoms with van der Waals surface area (Å²) in [5.74, 6) is 0.433. The summed E-state index contributed by atoms with van der Waals surface area (Å²) < 4.78 is 27.6. The molecule has 1 fully saturated rings. The van der Waals surface area contributed by atoms with Crippen molar-refractivity contribution in [1.82, 2.24) is 9.71 Å². The Morgan fingerprint density at radius 2 is 2.05 bits per heavy atom. The van der Waals surface area contributed by atoms with Gasteiger partial charge in [-0.25, -0.2) is 18.1 Å². The van der Waals surface area contributed by atoms with Crippen LogP contribution in [0.5, 0.6) is 0 Å². The zero-order chi connectivity index (χ0) is 13.9. The molecule has 1 aliphatic carbocycles. The average Bonchev–Trinajstić information content (AvgIpc) is 2.40. The van der Waals surface area contributed by atoms with Gasteiger partial charge < -0.3 is 0 Å². The number of hydrogen-bond donors (Lipinski definition) is 1. The third-order valence-corrected chi connectivity index (χ3v) is 5.63. The number of nitrogens with zero attached hydrogens (tertiary/aromatic N) is 1. The van der Waals surface area contributed by atoms with Gasteiger partial charge in [0, 0.05) is 17.2 Å². The molecule has 1 heterocycles. The molecule has 19 heavy (non-hydrogen) atoms. The second-order valence-electron chi connectivity index (χ2n) is 4.80. The first kappa shape index (κ1) is 15.2. The molecule has 0 atom stereocenters. The number of halogens is 2. The molecule has 4 nitrogen and oxygen atoms in total. The first-order valence-corrected chi connectivity index (χ1v) is 8.95. The highest BCUT2D eigenvalue weighted by molar-refractivity contribution is 9.10. The first-order valence-electron chi connectivity index (χ1n) is 6.30. The number of sulfonamides is 1. The second-order valence-corrected chi connectivity index (χ2v) is 7.81. The van der Waals surface area contributed by atoms with Crippen molar-refractivity contribution in [2.75, 3.05) is 6.54 Å². The van der Waals surface area contributed by atoms with Gasteiger partial charge in [-0.3, -0.25) is 0 Å².